The Balaban J connectivity index is 1.59. The highest BCUT2D eigenvalue weighted by atomic mass is 79.9. The van der Waals surface area contributed by atoms with Crippen LogP contribution in [-0.2, 0) is 16.1 Å². The van der Waals surface area contributed by atoms with Gasteiger partial charge in [0.1, 0.15) is 5.25 Å². The number of halogens is 3. The van der Waals surface area contributed by atoms with E-state index in [1.807, 2.05) is 24.3 Å². The van der Waals surface area contributed by atoms with Crippen LogP contribution in [0.4, 0.5) is 11.4 Å². The number of hydrogen-bond acceptors (Lipinski definition) is 4. The quantitative estimate of drug-likeness (QED) is 0.367. The van der Waals surface area contributed by atoms with E-state index in [1.165, 1.54) is 11.8 Å². The minimum atomic E-state index is -0.603. The molecule has 3 aromatic rings. The van der Waals surface area contributed by atoms with Crippen LogP contribution in [0.5, 0.6) is 0 Å². The summed E-state index contributed by atoms with van der Waals surface area (Å²) < 4.78 is 0.915. The van der Waals surface area contributed by atoms with Gasteiger partial charge in [0, 0.05) is 26.6 Å². The van der Waals surface area contributed by atoms with Crippen molar-refractivity contribution in [3.8, 4) is 0 Å². The molecule has 1 aliphatic heterocycles. The van der Waals surface area contributed by atoms with Crippen LogP contribution in [0.3, 0.4) is 0 Å². The second-order valence-corrected chi connectivity index (χ2v) is 10.2. The number of benzene rings is 3. The molecule has 1 fully saturated rings. The largest absolute Gasteiger partial charge is 0.325 e. The molecule has 0 saturated carbocycles. The number of aliphatic imine (C=N–C) groups is 1. The van der Waals surface area contributed by atoms with Gasteiger partial charge >= 0.3 is 0 Å². The van der Waals surface area contributed by atoms with Gasteiger partial charge in [-0.25, -0.2) is 4.99 Å². The lowest BCUT2D eigenvalue weighted by Crippen LogP contribution is -2.44. The normalized spacial score (nSPS) is 17.3. The first-order valence-corrected chi connectivity index (χ1v) is 12.4. The van der Waals surface area contributed by atoms with Gasteiger partial charge in [-0.3, -0.25) is 14.5 Å². The predicted molar refractivity (Wildman–Crippen MR) is 139 cm³/mol. The summed E-state index contributed by atoms with van der Waals surface area (Å²) in [6, 6.07) is 21.6. The van der Waals surface area contributed by atoms with Crippen LogP contribution in [0, 0.1) is 0 Å². The summed E-state index contributed by atoms with van der Waals surface area (Å²) in [4.78, 5) is 32.3. The van der Waals surface area contributed by atoms with Crippen molar-refractivity contribution in [3.63, 3.8) is 0 Å². The fraction of sp³-hybridized carbons (Fsp3) is 0.125. The van der Waals surface area contributed by atoms with Crippen LogP contribution in [0.25, 0.3) is 0 Å². The molecule has 9 heteroatoms. The van der Waals surface area contributed by atoms with Gasteiger partial charge in [0.15, 0.2) is 5.17 Å². The van der Waals surface area contributed by atoms with Crippen LogP contribution in [0.15, 0.2) is 82.3 Å². The third kappa shape index (κ3) is 6.38. The monoisotopic (exact) mass is 561 g/mol. The summed E-state index contributed by atoms with van der Waals surface area (Å²) in [7, 11) is 0. The fourth-order valence-electron chi connectivity index (χ4n) is 3.15. The number of carbonyl (C=O) groups excluding carboxylic acids is 2. The van der Waals surface area contributed by atoms with Gasteiger partial charge in [0.2, 0.25) is 11.8 Å². The molecule has 1 saturated heterocycles. The van der Waals surface area contributed by atoms with Crippen molar-refractivity contribution in [1.82, 2.24) is 4.90 Å². The second kappa shape index (κ2) is 10.7. The minimum absolute atomic E-state index is 0.0697. The third-order valence-electron chi connectivity index (χ3n) is 4.85. The Kier molecular flexibility index (Phi) is 7.75. The van der Waals surface area contributed by atoms with Gasteiger partial charge in [0.05, 0.1) is 12.2 Å². The minimum Gasteiger partial charge on any atom is -0.325 e. The number of nitrogens with one attached hydrogen (secondary N) is 1. The number of rotatable bonds is 5. The highest BCUT2D eigenvalue weighted by Gasteiger charge is 2.36. The standard InChI is InChI=1S/C24H18BrCl2N3O2S/c25-16-3-9-19(10-4-16)28-23(32)21-13-22(31)30(14-15-1-5-17(26)6-2-15)24(33-21)29-20-11-7-18(27)8-12-20/h1-12,21H,13-14H2,(H,28,32). The van der Waals surface area contributed by atoms with Gasteiger partial charge < -0.3 is 5.32 Å². The average Bonchev–Trinajstić information content (AvgIpc) is 2.80. The van der Waals surface area contributed by atoms with Crippen molar-refractivity contribution in [2.75, 3.05) is 5.32 Å². The summed E-state index contributed by atoms with van der Waals surface area (Å²) >= 11 is 16.6. The van der Waals surface area contributed by atoms with Crippen LogP contribution >= 0.6 is 50.9 Å². The maximum absolute atomic E-state index is 13.1. The molecule has 1 atom stereocenters. The Morgan fingerprint density at radius 2 is 1.61 bits per heavy atom. The lowest BCUT2D eigenvalue weighted by molar-refractivity contribution is -0.129. The topological polar surface area (TPSA) is 61.8 Å². The Hall–Kier alpha value is -2.32. The third-order valence-corrected chi connectivity index (χ3v) is 7.07. The number of amides is 2. The van der Waals surface area contributed by atoms with Gasteiger partial charge in [0.25, 0.3) is 0 Å². The van der Waals surface area contributed by atoms with Crippen LogP contribution in [0.1, 0.15) is 12.0 Å². The summed E-state index contributed by atoms with van der Waals surface area (Å²) in [6.07, 6.45) is 0.0697. The second-order valence-electron chi connectivity index (χ2n) is 7.28. The van der Waals surface area contributed by atoms with Crippen molar-refractivity contribution >= 4 is 79.3 Å². The van der Waals surface area contributed by atoms with Gasteiger partial charge in [-0.15, -0.1) is 0 Å². The van der Waals surface area contributed by atoms with E-state index in [1.54, 1.807) is 53.4 Å². The van der Waals surface area contributed by atoms with Gasteiger partial charge in [-0.2, -0.15) is 0 Å². The number of amidine groups is 1. The SMILES string of the molecule is O=C(Nc1ccc(Br)cc1)C1CC(=O)N(Cc2ccc(Cl)cc2)C(=Nc2ccc(Cl)cc2)S1. The zero-order chi connectivity index (χ0) is 23.4. The molecule has 5 nitrogen and oxygen atoms in total. The van der Waals surface area contributed by atoms with E-state index in [0.29, 0.717) is 33.1 Å². The molecular formula is C24H18BrCl2N3O2S. The van der Waals surface area contributed by atoms with E-state index >= 15 is 0 Å². The molecule has 3 aromatic carbocycles. The first-order valence-electron chi connectivity index (χ1n) is 9.99. The number of carbonyl (C=O) groups is 2. The number of nitrogens with zero attached hydrogens (tertiary/aromatic N) is 2. The Labute approximate surface area is 214 Å². The summed E-state index contributed by atoms with van der Waals surface area (Å²) in [5, 5.41) is 3.95. The van der Waals surface area contributed by atoms with Crippen molar-refractivity contribution in [2.45, 2.75) is 18.2 Å². The van der Waals surface area contributed by atoms with E-state index in [2.05, 4.69) is 26.2 Å². The van der Waals surface area contributed by atoms with Crippen LogP contribution in [0.2, 0.25) is 10.0 Å². The van der Waals surface area contributed by atoms with E-state index in [9.17, 15) is 9.59 Å². The molecule has 0 spiro atoms. The molecule has 4 rings (SSSR count). The zero-order valence-electron chi connectivity index (χ0n) is 17.2. The number of anilines is 1. The highest BCUT2D eigenvalue weighted by molar-refractivity contribution is 9.10. The van der Waals surface area contributed by atoms with Crippen LogP contribution < -0.4 is 5.32 Å². The molecule has 0 aromatic heterocycles. The Bertz CT molecular complexity index is 1190. The first-order chi connectivity index (χ1) is 15.9. The Morgan fingerprint density at radius 1 is 1.00 bits per heavy atom. The molecule has 0 bridgehead atoms. The summed E-state index contributed by atoms with van der Waals surface area (Å²) in [5.74, 6) is -0.419. The first kappa shape index (κ1) is 23.8. The molecule has 33 heavy (non-hydrogen) atoms. The van der Waals surface area contributed by atoms with E-state index < -0.39 is 5.25 Å². The summed E-state index contributed by atoms with van der Waals surface area (Å²) in [6.45, 7) is 0.330. The van der Waals surface area contributed by atoms with Crippen molar-refractivity contribution < 1.29 is 9.59 Å². The number of thioether (sulfide) groups is 1. The Morgan fingerprint density at radius 3 is 2.24 bits per heavy atom. The lowest BCUT2D eigenvalue weighted by atomic mass is 10.2. The van der Waals surface area contributed by atoms with Gasteiger partial charge in [-0.05, 0) is 66.2 Å². The van der Waals surface area contributed by atoms with Crippen molar-refractivity contribution in [1.29, 1.82) is 0 Å². The summed E-state index contributed by atoms with van der Waals surface area (Å²) in [5.41, 5.74) is 2.22. The lowest BCUT2D eigenvalue weighted by Gasteiger charge is -2.32. The molecular weight excluding hydrogens is 545 g/mol. The van der Waals surface area contributed by atoms with E-state index in [4.69, 9.17) is 23.2 Å². The molecule has 1 aliphatic rings. The molecule has 1 unspecified atom stereocenters. The van der Waals surface area contributed by atoms with Crippen LogP contribution in [-0.4, -0.2) is 27.1 Å². The molecule has 0 radical (unpaired) electrons. The maximum Gasteiger partial charge on any atom is 0.238 e. The number of hydrogen-bond donors (Lipinski definition) is 1. The molecule has 0 aliphatic carbocycles. The van der Waals surface area contributed by atoms with Crippen molar-refractivity contribution in [3.05, 3.63) is 92.9 Å². The highest BCUT2D eigenvalue weighted by Crippen LogP contribution is 2.31. The molecule has 1 N–H and O–H groups in total. The van der Waals surface area contributed by atoms with E-state index in [-0.39, 0.29) is 18.2 Å². The van der Waals surface area contributed by atoms with E-state index in [0.717, 1.165) is 10.0 Å². The average molecular weight is 563 g/mol. The molecule has 1 heterocycles. The fourth-order valence-corrected chi connectivity index (χ4v) is 4.77. The molecule has 168 valence electrons. The zero-order valence-corrected chi connectivity index (χ0v) is 21.1. The molecule has 2 amide bonds. The smallest absolute Gasteiger partial charge is 0.238 e. The maximum atomic E-state index is 13.1. The van der Waals surface area contributed by atoms with Crippen molar-refractivity contribution in [2.24, 2.45) is 4.99 Å². The van der Waals surface area contributed by atoms with Gasteiger partial charge in [-0.1, -0.05) is 63.0 Å². The predicted octanol–water partition coefficient (Wildman–Crippen LogP) is 6.92.